The minimum absolute atomic E-state index is 0.128. The van der Waals surface area contributed by atoms with Crippen molar-refractivity contribution < 1.29 is 9.84 Å². The lowest BCUT2D eigenvalue weighted by Gasteiger charge is -2.37. The molecule has 0 aliphatic carbocycles. The van der Waals surface area contributed by atoms with Gasteiger partial charge in [0.25, 0.3) is 0 Å². The Morgan fingerprint density at radius 3 is 1.74 bits per heavy atom. The van der Waals surface area contributed by atoms with Gasteiger partial charge in [-0.3, -0.25) is 4.90 Å². The summed E-state index contributed by atoms with van der Waals surface area (Å²) in [6, 6.07) is 13.5. The number of phenols is 1. The molecule has 1 aliphatic rings. The fraction of sp³-hybridized carbons (Fsp3) is 0.556. The summed E-state index contributed by atoms with van der Waals surface area (Å²) in [7, 11) is 4.14. The summed E-state index contributed by atoms with van der Waals surface area (Å²) in [5, 5.41) is 11.2. The Morgan fingerprint density at radius 2 is 1.32 bits per heavy atom. The molecular formula is C27H40N2O2. The molecule has 2 aromatic carbocycles. The molecular weight excluding hydrogens is 384 g/mol. The number of nitrogens with zero attached hydrogens (tertiary/aromatic N) is 2. The summed E-state index contributed by atoms with van der Waals surface area (Å²) in [5.74, 6) is 0.437. The lowest BCUT2D eigenvalue weighted by molar-refractivity contribution is 0.0239. The van der Waals surface area contributed by atoms with Crippen molar-refractivity contribution in [3.8, 4) is 5.75 Å². The van der Waals surface area contributed by atoms with E-state index < -0.39 is 0 Å². The van der Waals surface area contributed by atoms with Crippen LogP contribution in [0, 0.1) is 0 Å². The number of hydrogen-bond donors (Lipinski definition) is 1. The van der Waals surface area contributed by atoms with Crippen LogP contribution in [0.5, 0.6) is 5.75 Å². The van der Waals surface area contributed by atoms with Gasteiger partial charge in [-0.2, -0.15) is 0 Å². The van der Waals surface area contributed by atoms with Crippen molar-refractivity contribution in [2.24, 2.45) is 0 Å². The Kier molecular flexibility index (Phi) is 6.73. The number of morpholine rings is 1. The van der Waals surface area contributed by atoms with E-state index in [1.165, 1.54) is 16.8 Å². The molecule has 1 saturated heterocycles. The fourth-order valence-electron chi connectivity index (χ4n) is 4.36. The summed E-state index contributed by atoms with van der Waals surface area (Å²) >= 11 is 0. The predicted octanol–water partition coefficient (Wildman–Crippen LogP) is 5.47. The highest BCUT2D eigenvalue weighted by Crippen LogP contribution is 2.43. The largest absolute Gasteiger partial charge is 0.507 e. The first kappa shape index (κ1) is 23.6. The number of hydrogen-bond acceptors (Lipinski definition) is 4. The molecule has 0 saturated carbocycles. The Balaban J connectivity index is 2.20. The highest BCUT2D eigenvalue weighted by Gasteiger charge is 2.31. The van der Waals surface area contributed by atoms with Gasteiger partial charge >= 0.3 is 0 Å². The zero-order valence-corrected chi connectivity index (χ0v) is 20.6. The third-order valence-corrected chi connectivity index (χ3v) is 6.20. The maximum absolute atomic E-state index is 11.2. The van der Waals surface area contributed by atoms with Crippen molar-refractivity contribution in [1.82, 2.24) is 4.90 Å². The van der Waals surface area contributed by atoms with Crippen LogP contribution in [-0.2, 0) is 15.6 Å². The Hall–Kier alpha value is -2.04. The van der Waals surface area contributed by atoms with E-state index in [0.29, 0.717) is 5.75 Å². The van der Waals surface area contributed by atoms with Gasteiger partial charge in [0.1, 0.15) is 5.75 Å². The summed E-state index contributed by atoms with van der Waals surface area (Å²) in [5.41, 5.74) is 5.44. The number of benzene rings is 2. The molecule has 0 aromatic heterocycles. The van der Waals surface area contributed by atoms with Crippen molar-refractivity contribution in [3.63, 3.8) is 0 Å². The molecule has 1 N–H and O–H groups in total. The molecule has 1 unspecified atom stereocenters. The van der Waals surface area contributed by atoms with Crippen LogP contribution < -0.4 is 4.90 Å². The maximum atomic E-state index is 11.2. The van der Waals surface area contributed by atoms with Crippen molar-refractivity contribution in [3.05, 3.63) is 58.7 Å². The van der Waals surface area contributed by atoms with E-state index in [-0.39, 0.29) is 16.9 Å². The zero-order valence-electron chi connectivity index (χ0n) is 20.6. The van der Waals surface area contributed by atoms with Gasteiger partial charge in [0.15, 0.2) is 0 Å². The van der Waals surface area contributed by atoms with Gasteiger partial charge in [-0.05, 0) is 57.3 Å². The summed E-state index contributed by atoms with van der Waals surface area (Å²) in [6.07, 6.45) is 0. The number of rotatable bonds is 4. The van der Waals surface area contributed by atoms with E-state index in [1.807, 2.05) is 0 Å². The van der Waals surface area contributed by atoms with Crippen molar-refractivity contribution in [2.75, 3.05) is 45.3 Å². The summed E-state index contributed by atoms with van der Waals surface area (Å²) in [4.78, 5) is 4.64. The second kappa shape index (κ2) is 8.84. The van der Waals surface area contributed by atoms with E-state index >= 15 is 0 Å². The number of anilines is 1. The Morgan fingerprint density at radius 1 is 0.839 bits per heavy atom. The van der Waals surface area contributed by atoms with Gasteiger partial charge in [0, 0.05) is 32.9 Å². The normalized spacial score (nSPS) is 16.9. The molecule has 1 aliphatic heterocycles. The zero-order chi connectivity index (χ0) is 23.0. The van der Waals surface area contributed by atoms with Crippen LogP contribution in [0.15, 0.2) is 36.4 Å². The van der Waals surface area contributed by atoms with Gasteiger partial charge in [-0.25, -0.2) is 0 Å². The Bertz CT molecular complexity index is 848. The lowest BCUT2D eigenvalue weighted by Crippen LogP contribution is -2.39. The second-order valence-corrected chi connectivity index (χ2v) is 11.0. The van der Waals surface area contributed by atoms with Crippen LogP contribution in [-0.4, -0.2) is 50.4 Å². The first-order valence-electron chi connectivity index (χ1n) is 11.4. The van der Waals surface area contributed by atoms with E-state index in [4.69, 9.17) is 4.74 Å². The predicted molar refractivity (Wildman–Crippen MR) is 131 cm³/mol. The molecule has 0 spiro atoms. The van der Waals surface area contributed by atoms with E-state index in [2.05, 4.69) is 102 Å². The summed E-state index contributed by atoms with van der Waals surface area (Å²) in [6.45, 7) is 16.4. The minimum atomic E-state index is -0.148. The third kappa shape index (κ3) is 5.24. The molecule has 170 valence electrons. The highest BCUT2D eigenvalue weighted by molar-refractivity contribution is 5.53. The average molecular weight is 425 g/mol. The molecule has 1 fully saturated rings. The fourth-order valence-corrected chi connectivity index (χ4v) is 4.36. The highest BCUT2D eigenvalue weighted by atomic mass is 16.5. The van der Waals surface area contributed by atoms with Crippen LogP contribution in [0.3, 0.4) is 0 Å². The van der Waals surface area contributed by atoms with Crippen molar-refractivity contribution >= 4 is 5.69 Å². The SMILES string of the molecule is CN(C)c1ccc(C(c2cc(C(C)(C)C)c(O)c(C(C)(C)C)c2)N2CCOCC2)cc1. The smallest absolute Gasteiger partial charge is 0.123 e. The minimum Gasteiger partial charge on any atom is -0.507 e. The summed E-state index contributed by atoms with van der Waals surface area (Å²) < 4.78 is 5.66. The average Bonchev–Trinajstić information content (AvgIpc) is 2.68. The van der Waals surface area contributed by atoms with Gasteiger partial charge < -0.3 is 14.7 Å². The van der Waals surface area contributed by atoms with Crippen LogP contribution in [0.1, 0.15) is 69.8 Å². The quantitative estimate of drug-likeness (QED) is 0.705. The number of ether oxygens (including phenoxy) is 1. The maximum Gasteiger partial charge on any atom is 0.123 e. The van der Waals surface area contributed by atoms with Gasteiger partial charge in [-0.15, -0.1) is 0 Å². The van der Waals surface area contributed by atoms with Gasteiger partial charge in [-0.1, -0.05) is 53.7 Å². The molecule has 1 heterocycles. The topological polar surface area (TPSA) is 35.9 Å². The molecule has 1 atom stereocenters. The molecule has 2 aromatic rings. The molecule has 0 radical (unpaired) electrons. The molecule has 4 heteroatoms. The molecule has 0 amide bonds. The third-order valence-electron chi connectivity index (χ3n) is 6.20. The van der Waals surface area contributed by atoms with Crippen LogP contribution in [0.25, 0.3) is 0 Å². The van der Waals surface area contributed by atoms with E-state index in [1.54, 1.807) is 0 Å². The first-order valence-corrected chi connectivity index (χ1v) is 11.4. The number of aromatic hydroxyl groups is 1. The number of phenolic OH excluding ortho intramolecular Hbond substituents is 1. The van der Waals surface area contributed by atoms with E-state index in [9.17, 15) is 5.11 Å². The van der Waals surface area contributed by atoms with Crippen LogP contribution in [0.2, 0.25) is 0 Å². The van der Waals surface area contributed by atoms with Gasteiger partial charge in [0.05, 0.1) is 19.3 Å². The van der Waals surface area contributed by atoms with Crippen molar-refractivity contribution in [1.29, 1.82) is 0 Å². The standard InChI is InChI=1S/C27H40N2O2/c1-26(2,3)22-17-20(18-23(25(22)30)27(4,5)6)24(29-13-15-31-16-14-29)19-9-11-21(12-10-19)28(7)8/h9-12,17-18,24,30H,13-16H2,1-8H3. The monoisotopic (exact) mass is 424 g/mol. The molecule has 31 heavy (non-hydrogen) atoms. The Labute approximate surface area is 188 Å². The van der Waals surface area contributed by atoms with Crippen LogP contribution in [0.4, 0.5) is 5.69 Å². The lowest BCUT2D eigenvalue weighted by atomic mass is 9.77. The molecule has 0 bridgehead atoms. The van der Waals surface area contributed by atoms with E-state index in [0.717, 1.165) is 37.4 Å². The van der Waals surface area contributed by atoms with Gasteiger partial charge in [0.2, 0.25) is 0 Å². The molecule has 3 rings (SSSR count). The van der Waals surface area contributed by atoms with Crippen LogP contribution >= 0.6 is 0 Å². The first-order chi connectivity index (χ1) is 14.4. The molecule has 4 nitrogen and oxygen atoms in total. The van der Waals surface area contributed by atoms with Crippen molar-refractivity contribution in [2.45, 2.75) is 58.4 Å². The second-order valence-electron chi connectivity index (χ2n) is 11.0.